The maximum atomic E-state index is 12.5. The molecule has 6 atom stereocenters. The van der Waals surface area contributed by atoms with Crippen LogP contribution in [0.5, 0.6) is 0 Å². The number of rotatable bonds is 4. The van der Waals surface area contributed by atoms with E-state index >= 15 is 0 Å². The van der Waals surface area contributed by atoms with Crippen molar-refractivity contribution >= 4 is 36.8 Å². The van der Waals surface area contributed by atoms with Crippen LogP contribution < -0.4 is 4.46 Å². The minimum absolute atomic E-state index is 0.0591. The van der Waals surface area contributed by atoms with Crippen molar-refractivity contribution in [2.45, 2.75) is 28.5 Å². The zero-order chi connectivity index (χ0) is 16.0. The van der Waals surface area contributed by atoms with E-state index in [2.05, 4.69) is 12.1 Å². The third kappa shape index (κ3) is 2.57. The molecular weight excluding hydrogens is 383 g/mol. The summed E-state index contributed by atoms with van der Waals surface area (Å²) in [4.78, 5) is 12.6. The number of hydrogen-bond donors (Lipinski definition) is 1. The number of hydrogen-bond acceptors (Lipinski definition) is 4. The Morgan fingerprint density at radius 3 is 2.61 bits per heavy atom. The summed E-state index contributed by atoms with van der Waals surface area (Å²) in [5.41, 5.74) is 0. The molecule has 2 bridgehead atoms. The number of alkyl halides is 1. The fourth-order valence-corrected chi connectivity index (χ4v) is 6.56. The van der Waals surface area contributed by atoms with E-state index in [1.807, 2.05) is 18.2 Å². The maximum absolute atomic E-state index is 12.5. The van der Waals surface area contributed by atoms with Gasteiger partial charge in [-0.3, -0.25) is 0 Å². The third-order valence-corrected chi connectivity index (χ3v) is 8.11. The van der Waals surface area contributed by atoms with Gasteiger partial charge in [-0.25, -0.2) is 0 Å². The van der Waals surface area contributed by atoms with E-state index < -0.39 is 18.1 Å². The van der Waals surface area contributed by atoms with Gasteiger partial charge in [0.2, 0.25) is 0 Å². The van der Waals surface area contributed by atoms with Crippen molar-refractivity contribution in [2.75, 3.05) is 0 Å². The Balaban J connectivity index is 1.59. The summed E-state index contributed by atoms with van der Waals surface area (Å²) in [7, 11) is 0. The fourth-order valence-electron chi connectivity index (χ4n) is 3.30. The summed E-state index contributed by atoms with van der Waals surface area (Å²) >= 11 is 6.56. The Morgan fingerprint density at radius 1 is 1.17 bits per heavy atom. The Labute approximate surface area is 144 Å². The van der Waals surface area contributed by atoms with Gasteiger partial charge < -0.3 is 0 Å². The van der Waals surface area contributed by atoms with Crippen LogP contribution in [0.3, 0.4) is 0 Å². The average Bonchev–Trinajstić information content (AvgIpc) is 3.26. The van der Waals surface area contributed by atoms with Gasteiger partial charge in [0.15, 0.2) is 0 Å². The molecule has 1 aromatic heterocycles. The molecule has 2 saturated heterocycles. The topological polar surface area (TPSA) is 59.7 Å². The number of ether oxygens (including phenoxy) is 1. The molecule has 2 aliphatic heterocycles. The van der Waals surface area contributed by atoms with E-state index in [1.54, 1.807) is 12.1 Å². The summed E-state index contributed by atoms with van der Waals surface area (Å²) in [6, 6.07) is 13.5. The summed E-state index contributed by atoms with van der Waals surface area (Å²) in [5.74, 6) is -0.313. The molecule has 1 N–H and O–H groups in total. The quantitative estimate of drug-likeness (QED) is 0.630. The van der Waals surface area contributed by atoms with Gasteiger partial charge in [0.25, 0.3) is 0 Å². The number of halogens is 1. The molecule has 0 unspecified atom stereocenters. The number of carbonyl (C=O) groups is 1. The second kappa shape index (κ2) is 6.08. The molecular formula is C17H15ClO4Se. The monoisotopic (exact) mass is 398 g/mol. The number of carbonyl (C=O) groups excluding carboxylic acids is 1. The molecule has 4 rings (SSSR count). The first-order valence-corrected chi connectivity index (χ1v) is 9.71. The molecule has 1 aromatic carbocycles. The van der Waals surface area contributed by atoms with Gasteiger partial charge in [0.1, 0.15) is 0 Å². The predicted molar refractivity (Wildman–Crippen MR) is 86.0 cm³/mol. The number of fused-ring (bicyclic) bond motifs is 2. The number of Topliss-reactive ketones (excluding diaryl/α,β-unsaturated/α-hetero) is 1. The normalized spacial score (nSPS) is 34.0. The van der Waals surface area contributed by atoms with E-state index in [-0.39, 0.29) is 37.0 Å². The second-order valence-corrected chi connectivity index (χ2v) is 8.88. The van der Waals surface area contributed by atoms with Gasteiger partial charge in [-0.1, -0.05) is 0 Å². The number of aliphatic hydroxyl groups is 1. The third-order valence-electron chi connectivity index (χ3n) is 4.38. The average molecular weight is 398 g/mol. The number of aliphatic hydroxyl groups excluding tert-OH is 1. The Kier molecular flexibility index (Phi) is 4.08. The van der Waals surface area contributed by atoms with Crippen LogP contribution in [0.2, 0.25) is 4.82 Å². The molecule has 0 radical (unpaired) electrons. The second-order valence-electron chi connectivity index (χ2n) is 5.75. The zero-order valence-electron chi connectivity index (χ0n) is 12.0. The van der Waals surface area contributed by atoms with E-state index in [9.17, 15) is 9.90 Å². The van der Waals surface area contributed by atoms with Gasteiger partial charge >= 0.3 is 145 Å². The molecule has 2 fully saturated rings. The molecule has 0 spiro atoms. The Morgan fingerprint density at radius 2 is 1.96 bits per heavy atom. The van der Waals surface area contributed by atoms with Crippen LogP contribution in [-0.4, -0.2) is 43.4 Å². The van der Waals surface area contributed by atoms with Crippen LogP contribution in [0.4, 0.5) is 0 Å². The molecule has 0 aliphatic carbocycles. The van der Waals surface area contributed by atoms with Crippen LogP contribution in [0, 0.1) is 5.92 Å². The van der Waals surface area contributed by atoms with E-state index in [0.717, 1.165) is 0 Å². The Hall–Kier alpha value is -1.10. The van der Waals surface area contributed by atoms with Crippen molar-refractivity contribution in [2.24, 2.45) is 5.92 Å². The summed E-state index contributed by atoms with van der Waals surface area (Å²) in [5, 5.41) is 10.2. The van der Waals surface area contributed by atoms with Crippen molar-refractivity contribution in [1.29, 1.82) is 0 Å². The van der Waals surface area contributed by atoms with Gasteiger partial charge in [-0.05, 0) is 0 Å². The van der Waals surface area contributed by atoms with Crippen molar-refractivity contribution in [3.63, 3.8) is 0 Å². The van der Waals surface area contributed by atoms with Gasteiger partial charge in [0, 0.05) is 0 Å². The molecule has 6 heteroatoms. The minimum atomic E-state index is -0.981. The van der Waals surface area contributed by atoms with Crippen molar-refractivity contribution in [3.05, 3.63) is 54.5 Å². The van der Waals surface area contributed by atoms with Gasteiger partial charge in [-0.15, -0.1) is 0 Å². The standard InChI is InChI=1S/C17H15ClO4Se/c18-12-16-14(20)11(13(19)10-7-4-8-21-10)15(22-16)17(12)23-9-5-2-1-3-6-9/h1-8,11-13,15-17,19H/t11-,12-,13-,15-,16-,17+/m1/s1. The first-order valence-electron chi connectivity index (χ1n) is 7.43. The van der Waals surface area contributed by atoms with Crippen LogP contribution in [0.1, 0.15) is 11.9 Å². The van der Waals surface area contributed by atoms with E-state index in [0.29, 0.717) is 5.76 Å². The van der Waals surface area contributed by atoms with Crippen LogP contribution in [0.25, 0.3) is 0 Å². The SMILES string of the molecule is O=C1[C@@H]([C@H](O)c2ccco2)[C@H]2O[C@@H]1[C@@H](Cl)[C@@H]2[Se]c1ccccc1. The van der Waals surface area contributed by atoms with Crippen molar-refractivity contribution in [3.8, 4) is 0 Å². The van der Waals surface area contributed by atoms with Crippen LogP contribution >= 0.6 is 11.6 Å². The fraction of sp³-hybridized carbons (Fsp3) is 0.353. The zero-order valence-corrected chi connectivity index (χ0v) is 14.5. The van der Waals surface area contributed by atoms with Crippen LogP contribution in [0.15, 0.2) is 53.1 Å². The predicted octanol–water partition coefficient (Wildman–Crippen LogP) is 1.70. The first kappa shape index (κ1) is 15.4. The summed E-state index contributed by atoms with van der Waals surface area (Å²) < 4.78 is 12.3. The molecule has 3 heterocycles. The molecule has 0 saturated carbocycles. The Bertz CT molecular complexity index is 690. The van der Waals surface area contributed by atoms with Gasteiger partial charge in [-0.2, -0.15) is 0 Å². The molecule has 2 aliphatic rings. The molecule has 4 nitrogen and oxygen atoms in total. The number of furan rings is 1. The van der Waals surface area contributed by atoms with E-state index in [1.165, 1.54) is 10.7 Å². The summed E-state index contributed by atoms with van der Waals surface area (Å²) in [6.45, 7) is 0. The first-order chi connectivity index (χ1) is 11.2. The van der Waals surface area contributed by atoms with Crippen molar-refractivity contribution < 1.29 is 19.1 Å². The number of benzene rings is 1. The van der Waals surface area contributed by atoms with Crippen LogP contribution in [-0.2, 0) is 9.53 Å². The molecule has 2 aromatic rings. The molecule has 120 valence electrons. The molecule has 23 heavy (non-hydrogen) atoms. The van der Waals surface area contributed by atoms with Crippen molar-refractivity contribution in [1.82, 2.24) is 0 Å². The molecule has 0 amide bonds. The van der Waals surface area contributed by atoms with E-state index in [4.69, 9.17) is 20.8 Å². The number of ketones is 1. The van der Waals surface area contributed by atoms with Gasteiger partial charge in [0.05, 0.1) is 0 Å². The summed E-state index contributed by atoms with van der Waals surface area (Å²) in [6.07, 6.45) is -0.458.